The van der Waals surface area contributed by atoms with Crippen molar-refractivity contribution in [2.24, 2.45) is 0 Å². The van der Waals surface area contributed by atoms with E-state index in [0.29, 0.717) is 29.1 Å². The first-order chi connectivity index (χ1) is 11.2. The predicted octanol–water partition coefficient (Wildman–Crippen LogP) is 3.19. The van der Waals surface area contributed by atoms with Crippen molar-refractivity contribution in [1.82, 2.24) is 9.88 Å². The van der Waals surface area contributed by atoms with Crippen molar-refractivity contribution in [2.75, 3.05) is 19.0 Å². The number of halogens is 1. The standard InChI is InChI=1S/C16H22BrN3O4/c1-16(2,3)24-15(22)20-9-5-6-11(20)13(21)18-10-7-8-12(17)19-14(10)23-4/h7-8,11H,5-6,9H2,1-4H3,(H,18,21). The summed E-state index contributed by atoms with van der Waals surface area (Å²) in [6.45, 7) is 5.90. The van der Waals surface area contributed by atoms with E-state index in [0.717, 1.165) is 6.42 Å². The minimum atomic E-state index is -0.598. The maximum atomic E-state index is 12.6. The number of ether oxygens (including phenoxy) is 2. The third-order valence-electron chi connectivity index (χ3n) is 3.46. The van der Waals surface area contributed by atoms with Gasteiger partial charge in [0.05, 0.1) is 7.11 Å². The number of aromatic nitrogens is 1. The number of amides is 2. The first-order valence-electron chi connectivity index (χ1n) is 7.72. The number of carbonyl (C=O) groups is 2. The first kappa shape index (κ1) is 18.5. The number of hydrogen-bond donors (Lipinski definition) is 1. The van der Waals surface area contributed by atoms with E-state index >= 15 is 0 Å². The van der Waals surface area contributed by atoms with Crippen LogP contribution >= 0.6 is 15.9 Å². The second kappa shape index (κ2) is 7.38. The van der Waals surface area contributed by atoms with Gasteiger partial charge < -0.3 is 14.8 Å². The summed E-state index contributed by atoms with van der Waals surface area (Å²) in [5, 5.41) is 2.78. The van der Waals surface area contributed by atoms with E-state index in [2.05, 4.69) is 26.2 Å². The Kier molecular flexibility index (Phi) is 5.69. The number of nitrogens with zero attached hydrogens (tertiary/aromatic N) is 2. The van der Waals surface area contributed by atoms with Crippen LogP contribution in [0.4, 0.5) is 10.5 Å². The number of carbonyl (C=O) groups excluding carboxylic acids is 2. The van der Waals surface area contributed by atoms with E-state index in [-0.39, 0.29) is 5.91 Å². The highest BCUT2D eigenvalue weighted by atomic mass is 79.9. The monoisotopic (exact) mass is 399 g/mol. The summed E-state index contributed by atoms with van der Waals surface area (Å²) in [6.07, 6.45) is 0.880. The fourth-order valence-electron chi connectivity index (χ4n) is 2.46. The minimum absolute atomic E-state index is 0.277. The molecule has 24 heavy (non-hydrogen) atoms. The summed E-state index contributed by atoms with van der Waals surface area (Å²) < 4.78 is 11.2. The fraction of sp³-hybridized carbons (Fsp3) is 0.562. The molecule has 132 valence electrons. The molecule has 1 saturated heterocycles. The Balaban J connectivity index is 2.10. The SMILES string of the molecule is COc1nc(Br)ccc1NC(=O)C1CCCN1C(=O)OC(C)(C)C. The maximum Gasteiger partial charge on any atom is 0.410 e. The number of likely N-dealkylation sites (tertiary alicyclic amines) is 1. The van der Waals surface area contributed by atoms with Crippen LogP contribution in [0.15, 0.2) is 16.7 Å². The van der Waals surface area contributed by atoms with Crippen molar-refractivity contribution < 1.29 is 19.1 Å². The van der Waals surface area contributed by atoms with Crippen LogP contribution in [0.3, 0.4) is 0 Å². The molecule has 2 rings (SSSR count). The lowest BCUT2D eigenvalue weighted by Gasteiger charge is -2.28. The van der Waals surface area contributed by atoms with Gasteiger partial charge in [-0.05, 0) is 61.7 Å². The van der Waals surface area contributed by atoms with Crippen LogP contribution in [0.1, 0.15) is 33.6 Å². The van der Waals surface area contributed by atoms with Gasteiger partial charge in [0.2, 0.25) is 11.8 Å². The minimum Gasteiger partial charge on any atom is -0.479 e. The molecule has 0 bridgehead atoms. The number of pyridine rings is 1. The van der Waals surface area contributed by atoms with Crippen molar-refractivity contribution in [3.05, 3.63) is 16.7 Å². The summed E-state index contributed by atoms with van der Waals surface area (Å²) in [4.78, 5) is 30.5. The molecule has 0 aromatic carbocycles. The Hall–Kier alpha value is -1.83. The molecule has 7 nitrogen and oxygen atoms in total. The molecule has 1 aliphatic heterocycles. The fourth-order valence-corrected chi connectivity index (χ4v) is 2.76. The van der Waals surface area contributed by atoms with Gasteiger partial charge in [-0.25, -0.2) is 9.78 Å². The molecule has 0 aliphatic carbocycles. The molecule has 1 atom stereocenters. The lowest BCUT2D eigenvalue weighted by molar-refractivity contribution is -0.120. The molecule has 1 unspecified atom stereocenters. The molecular formula is C16H22BrN3O4. The summed E-state index contributed by atoms with van der Waals surface area (Å²) in [6, 6.07) is 2.84. The largest absolute Gasteiger partial charge is 0.479 e. The zero-order chi connectivity index (χ0) is 17.9. The van der Waals surface area contributed by atoms with E-state index in [1.54, 1.807) is 32.9 Å². The van der Waals surface area contributed by atoms with Gasteiger partial charge >= 0.3 is 6.09 Å². The van der Waals surface area contributed by atoms with E-state index in [4.69, 9.17) is 9.47 Å². The third kappa shape index (κ3) is 4.59. The van der Waals surface area contributed by atoms with E-state index in [1.807, 2.05) is 0 Å². The second-order valence-corrected chi connectivity index (χ2v) is 7.32. The molecule has 1 aromatic heterocycles. The van der Waals surface area contributed by atoms with Gasteiger partial charge in [0.15, 0.2) is 0 Å². The topological polar surface area (TPSA) is 80.8 Å². The average molecular weight is 400 g/mol. The van der Waals surface area contributed by atoms with E-state index in [9.17, 15) is 9.59 Å². The Bertz CT molecular complexity index is 630. The quantitative estimate of drug-likeness (QED) is 0.789. The first-order valence-corrected chi connectivity index (χ1v) is 8.51. The van der Waals surface area contributed by atoms with Crippen LogP contribution in [0, 0.1) is 0 Å². The van der Waals surface area contributed by atoms with Gasteiger partial charge in [0, 0.05) is 6.54 Å². The maximum absolute atomic E-state index is 12.6. The third-order valence-corrected chi connectivity index (χ3v) is 3.90. The van der Waals surface area contributed by atoms with Crippen LogP contribution in [0.5, 0.6) is 5.88 Å². The number of nitrogens with one attached hydrogen (secondary N) is 1. The lowest BCUT2D eigenvalue weighted by atomic mass is 10.2. The number of hydrogen-bond acceptors (Lipinski definition) is 5. The summed E-state index contributed by atoms with van der Waals surface area (Å²) in [5.41, 5.74) is -0.138. The van der Waals surface area contributed by atoms with Crippen LogP contribution in [-0.4, -0.2) is 47.2 Å². The van der Waals surface area contributed by atoms with Gasteiger partial charge in [-0.2, -0.15) is 0 Å². The zero-order valence-corrected chi connectivity index (χ0v) is 15.8. The van der Waals surface area contributed by atoms with Gasteiger partial charge in [-0.3, -0.25) is 9.69 Å². The van der Waals surface area contributed by atoms with E-state index < -0.39 is 17.7 Å². The summed E-state index contributed by atoms with van der Waals surface area (Å²) in [5.74, 6) is 0.0281. The molecule has 8 heteroatoms. The molecule has 2 amide bonds. The molecule has 1 fully saturated rings. The second-order valence-electron chi connectivity index (χ2n) is 6.51. The number of methoxy groups -OCH3 is 1. The molecule has 0 spiro atoms. The Morgan fingerprint density at radius 1 is 1.38 bits per heavy atom. The van der Waals surface area contributed by atoms with Crippen molar-refractivity contribution >= 4 is 33.6 Å². The van der Waals surface area contributed by atoms with Crippen molar-refractivity contribution in [2.45, 2.75) is 45.3 Å². The van der Waals surface area contributed by atoms with Crippen LogP contribution in [-0.2, 0) is 9.53 Å². The number of anilines is 1. The average Bonchev–Trinajstić information content (AvgIpc) is 2.97. The van der Waals surface area contributed by atoms with Gasteiger partial charge in [0.25, 0.3) is 0 Å². The Morgan fingerprint density at radius 2 is 2.08 bits per heavy atom. The predicted molar refractivity (Wildman–Crippen MR) is 93.1 cm³/mol. The van der Waals surface area contributed by atoms with Crippen LogP contribution < -0.4 is 10.1 Å². The van der Waals surface area contributed by atoms with Crippen LogP contribution in [0.25, 0.3) is 0 Å². The highest BCUT2D eigenvalue weighted by Gasteiger charge is 2.36. The van der Waals surface area contributed by atoms with Gasteiger partial charge in [0.1, 0.15) is 21.9 Å². The number of rotatable bonds is 3. The van der Waals surface area contributed by atoms with Gasteiger partial charge in [-0.1, -0.05) is 0 Å². The molecule has 1 aromatic rings. The Labute approximate surface area is 149 Å². The van der Waals surface area contributed by atoms with Gasteiger partial charge in [-0.15, -0.1) is 0 Å². The van der Waals surface area contributed by atoms with Crippen molar-refractivity contribution in [3.8, 4) is 5.88 Å². The van der Waals surface area contributed by atoms with Crippen molar-refractivity contribution in [3.63, 3.8) is 0 Å². The molecule has 2 heterocycles. The van der Waals surface area contributed by atoms with Crippen molar-refractivity contribution in [1.29, 1.82) is 0 Å². The van der Waals surface area contributed by atoms with E-state index in [1.165, 1.54) is 12.0 Å². The van der Waals surface area contributed by atoms with Crippen LogP contribution in [0.2, 0.25) is 0 Å². The normalized spacial score (nSPS) is 17.5. The highest BCUT2D eigenvalue weighted by molar-refractivity contribution is 9.10. The molecule has 0 radical (unpaired) electrons. The molecule has 0 saturated carbocycles. The Morgan fingerprint density at radius 3 is 2.71 bits per heavy atom. The lowest BCUT2D eigenvalue weighted by Crippen LogP contribution is -2.45. The highest BCUT2D eigenvalue weighted by Crippen LogP contribution is 2.26. The molecular weight excluding hydrogens is 378 g/mol. The molecule has 1 N–H and O–H groups in total. The summed E-state index contributed by atoms with van der Waals surface area (Å²) >= 11 is 3.25. The zero-order valence-electron chi connectivity index (χ0n) is 14.3. The smallest absolute Gasteiger partial charge is 0.410 e. The molecule has 1 aliphatic rings. The summed E-state index contributed by atoms with van der Waals surface area (Å²) in [7, 11) is 1.48.